The van der Waals surface area contributed by atoms with Crippen LogP contribution in [0.25, 0.3) is 0 Å². The Morgan fingerprint density at radius 3 is 2.44 bits per heavy atom. The number of benzene rings is 1. The van der Waals surface area contributed by atoms with E-state index in [1.807, 2.05) is 12.1 Å². The van der Waals surface area contributed by atoms with Crippen LogP contribution in [-0.4, -0.2) is 59.9 Å². The predicted octanol–water partition coefficient (Wildman–Crippen LogP) is 2.44. The molecule has 0 atom stereocenters. The van der Waals surface area contributed by atoms with E-state index in [1.165, 1.54) is 5.56 Å². The maximum absolute atomic E-state index is 12.5. The first-order valence-electron chi connectivity index (χ1n) is 8.75. The Hall–Kier alpha value is -2.64. The number of carbonyl (C=O) groups excluding carboxylic acids is 2. The van der Waals surface area contributed by atoms with E-state index in [-0.39, 0.29) is 11.9 Å². The topological polar surface area (TPSA) is 77.6 Å². The van der Waals surface area contributed by atoms with E-state index in [9.17, 15) is 9.59 Å². The van der Waals surface area contributed by atoms with Gasteiger partial charge in [-0.3, -0.25) is 14.7 Å². The lowest BCUT2D eigenvalue weighted by Gasteiger charge is -2.34. The van der Waals surface area contributed by atoms with Crippen molar-refractivity contribution >= 4 is 29.2 Å². The summed E-state index contributed by atoms with van der Waals surface area (Å²) in [7, 11) is 1.54. The number of pyridine rings is 1. The van der Waals surface area contributed by atoms with Crippen LogP contribution in [0.15, 0.2) is 42.7 Å². The van der Waals surface area contributed by atoms with E-state index in [0.717, 1.165) is 19.6 Å². The second-order valence-electron chi connectivity index (χ2n) is 6.32. The average molecular weight is 388 g/mol. The molecule has 1 saturated heterocycles. The SMILES string of the molecule is CNC(=O)c1ccc(NC(=O)N2CCN(Cc3ccncc3)CC2)cc1Cl. The van der Waals surface area contributed by atoms with Crippen LogP contribution in [0.2, 0.25) is 5.02 Å². The van der Waals surface area contributed by atoms with Crippen molar-refractivity contribution in [2.24, 2.45) is 0 Å². The van der Waals surface area contributed by atoms with Gasteiger partial charge in [0.15, 0.2) is 0 Å². The minimum absolute atomic E-state index is 0.165. The van der Waals surface area contributed by atoms with Crippen molar-refractivity contribution in [1.82, 2.24) is 20.1 Å². The van der Waals surface area contributed by atoms with E-state index in [2.05, 4.69) is 20.5 Å². The Kier molecular flexibility index (Phi) is 6.26. The van der Waals surface area contributed by atoms with Crippen LogP contribution in [0.1, 0.15) is 15.9 Å². The van der Waals surface area contributed by atoms with Gasteiger partial charge in [0, 0.05) is 57.9 Å². The number of nitrogens with zero attached hydrogens (tertiary/aromatic N) is 3. The highest BCUT2D eigenvalue weighted by Gasteiger charge is 2.21. The Labute approximate surface area is 163 Å². The molecule has 3 amide bonds. The second kappa shape index (κ2) is 8.83. The lowest BCUT2D eigenvalue weighted by Crippen LogP contribution is -2.49. The van der Waals surface area contributed by atoms with Gasteiger partial charge in [-0.15, -0.1) is 0 Å². The molecule has 7 nitrogen and oxygen atoms in total. The van der Waals surface area contributed by atoms with E-state index in [4.69, 9.17) is 11.6 Å². The monoisotopic (exact) mass is 387 g/mol. The van der Waals surface area contributed by atoms with Crippen LogP contribution in [0.3, 0.4) is 0 Å². The zero-order valence-electron chi connectivity index (χ0n) is 15.1. The third-order valence-corrected chi connectivity index (χ3v) is 4.82. The lowest BCUT2D eigenvalue weighted by molar-refractivity contribution is 0.0963. The third-order valence-electron chi connectivity index (χ3n) is 4.51. The standard InChI is InChI=1S/C19H22ClN5O2/c1-21-18(26)16-3-2-15(12-17(16)20)23-19(27)25-10-8-24(9-11-25)13-14-4-6-22-7-5-14/h2-7,12H,8-11,13H2,1H3,(H,21,26)(H,23,27). The molecule has 27 heavy (non-hydrogen) atoms. The Balaban J connectivity index is 1.52. The van der Waals surface area contributed by atoms with E-state index >= 15 is 0 Å². The van der Waals surface area contributed by atoms with E-state index in [0.29, 0.717) is 29.4 Å². The molecule has 2 heterocycles. The summed E-state index contributed by atoms with van der Waals surface area (Å²) < 4.78 is 0. The Morgan fingerprint density at radius 1 is 1.11 bits per heavy atom. The predicted molar refractivity (Wildman–Crippen MR) is 105 cm³/mol. The molecule has 1 aliphatic rings. The minimum Gasteiger partial charge on any atom is -0.355 e. The van der Waals surface area contributed by atoms with Crippen LogP contribution in [0.5, 0.6) is 0 Å². The molecule has 0 saturated carbocycles. The largest absolute Gasteiger partial charge is 0.355 e. The van der Waals surface area contributed by atoms with Crippen LogP contribution >= 0.6 is 11.6 Å². The quantitative estimate of drug-likeness (QED) is 0.844. The first kappa shape index (κ1) is 19.1. The van der Waals surface area contributed by atoms with Crippen LogP contribution in [0, 0.1) is 0 Å². The van der Waals surface area contributed by atoms with Crippen molar-refractivity contribution in [2.75, 3.05) is 38.5 Å². The van der Waals surface area contributed by atoms with Gasteiger partial charge in [-0.1, -0.05) is 11.6 Å². The maximum Gasteiger partial charge on any atom is 0.321 e. The molecule has 2 aromatic rings. The van der Waals surface area contributed by atoms with Crippen molar-refractivity contribution < 1.29 is 9.59 Å². The molecule has 0 radical (unpaired) electrons. The summed E-state index contributed by atoms with van der Waals surface area (Å²) in [6.07, 6.45) is 3.58. The fourth-order valence-corrected chi connectivity index (χ4v) is 3.24. The molecular weight excluding hydrogens is 366 g/mol. The summed E-state index contributed by atoms with van der Waals surface area (Å²) in [5.74, 6) is -0.261. The summed E-state index contributed by atoms with van der Waals surface area (Å²) >= 11 is 6.13. The van der Waals surface area contributed by atoms with Crippen molar-refractivity contribution in [3.8, 4) is 0 Å². The fourth-order valence-electron chi connectivity index (χ4n) is 2.97. The van der Waals surface area contributed by atoms with Crippen molar-refractivity contribution in [2.45, 2.75) is 6.54 Å². The second-order valence-corrected chi connectivity index (χ2v) is 6.73. The number of nitrogens with one attached hydrogen (secondary N) is 2. The van der Waals surface area contributed by atoms with Crippen molar-refractivity contribution in [3.05, 3.63) is 58.9 Å². The van der Waals surface area contributed by atoms with Gasteiger partial charge in [0.25, 0.3) is 5.91 Å². The summed E-state index contributed by atoms with van der Waals surface area (Å²) in [6, 6.07) is 8.71. The molecule has 3 rings (SSSR count). The smallest absolute Gasteiger partial charge is 0.321 e. The highest BCUT2D eigenvalue weighted by atomic mass is 35.5. The number of piperazine rings is 1. The summed E-state index contributed by atoms with van der Waals surface area (Å²) in [4.78, 5) is 32.3. The molecule has 1 aromatic carbocycles. The van der Waals surface area contributed by atoms with Gasteiger partial charge in [-0.2, -0.15) is 0 Å². The summed E-state index contributed by atoms with van der Waals surface area (Å²) in [6.45, 7) is 3.79. The normalized spacial score (nSPS) is 14.7. The molecule has 8 heteroatoms. The van der Waals surface area contributed by atoms with Gasteiger partial charge < -0.3 is 15.5 Å². The Morgan fingerprint density at radius 2 is 1.81 bits per heavy atom. The van der Waals surface area contributed by atoms with Gasteiger partial charge in [-0.25, -0.2) is 4.79 Å². The number of aromatic nitrogens is 1. The zero-order chi connectivity index (χ0) is 19.2. The molecule has 1 aliphatic heterocycles. The molecule has 2 N–H and O–H groups in total. The van der Waals surface area contributed by atoms with Crippen molar-refractivity contribution in [3.63, 3.8) is 0 Å². The number of hydrogen-bond donors (Lipinski definition) is 2. The highest BCUT2D eigenvalue weighted by molar-refractivity contribution is 6.34. The van der Waals surface area contributed by atoms with Gasteiger partial charge in [0.2, 0.25) is 0 Å². The molecule has 142 valence electrons. The number of hydrogen-bond acceptors (Lipinski definition) is 4. The van der Waals surface area contributed by atoms with Gasteiger partial charge >= 0.3 is 6.03 Å². The molecule has 0 aliphatic carbocycles. The third kappa shape index (κ3) is 4.96. The first-order chi connectivity index (χ1) is 13.1. The lowest BCUT2D eigenvalue weighted by atomic mass is 10.2. The molecule has 1 aromatic heterocycles. The molecular formula is C19H22ClN5O2. The maximum atomic E-state index is 12.5. The van der Waals surface area contributed by atoms with Crippen LogP contribution < -0.4 is 10.6 Å². The number of rotatable bonds is 4. The number of anilines is 1. The number of carbonyl (C=O) groups is 2. The molecule has 1 fully saturated rings. The van der Waals surface area contributed by atoms with Crippen LogP contribution in [0.4, 0.5) is 10.5 Å². The number of amides is 3. The minimum atomic E-state index is -0.261. The fraction of sp³-hybridized carbons (Fsp3) is 0.316. The molecule has 0 bridgehead atoms. The zero-order valence-corrected chi connectivity index (χ0v) is 15.9. The molecule has 0 unspecified atom stereocenters. The highest BCUT2D eigenvalue weighted by Crippen LogP contribution is 2.21. The van der Waals surface area contributed by atoms with Gasteiger partial charge in [-0.05, 0) is 35.9 Å². The summed E-state index contributed by atoms with van der Waals surface area (Å²) in [5, 5.41) is 5.67. The average Bonchev–Trinajstić information content (AvgIpc) is 2.69. The number of urea groups is 1. The Bertz CT molecular complexity index is 807. The first-order valence-corrected chi connectivity index (χ1v) is 9.13. The number of halogens is 1. The van der Waals surface area contributed by atoms with Crippen molar-refractivity contribution in [1.29, 1.82) is 0 Å². The summed E-state index contributed by atoms with van der Waals surface area (Å²) in [5.41, 5.74) is 2.16. The van der Waals surface area contributed by atoms with Gasteiger partial charge in [0.05, 0.1) is 10.6 Å². The van der Waals surface area contributed by atoms with Crippen LogP contribution in [-0.2, 0) is 6.54 Å². The van der Waals surface area contributed by atoms with E-state index < -0.39 is 0 Å². The van der Waals surface area contributed by atoms with Gasteiger partial charge in [0.1, 0.15) is 0 Å². The van der Waals surface area contributed by atoms with E-state index in [1.54, 1.807) is 42.5 Å². The molecule has 0 spiro atoms.